The molecule has 0 saturated heterocycles. The van der Waals surface area contributed by atoms with E-state index in [2.05, 4.69) is 10.4 Å². The molecule has 0 aliphatic carbocycles. The van der Waals surface area contributed by atoms with Gasteiger partial charge in [0.2, 0.25) is 0 Å². The van der Waals surface area contributed by atoms with Gasteiger partial charge >= 0.3 is 6.09 Å². The van der Waals surface area contributed by atoms with Crippen molar-refractivity contribution in [1.29, 1.82) is 0 Å². The summed E-state index contributed by atoms with van der Waals surface area (Å²) >= 11 is 0. The van der Waals surface area contributed by atoms with E-state index < -0.39 is 6.09 Å². The Kier molecular flexibility index (Phi) is 3.79. The number of nitrogens with one attached hydrogen (secondary N) is 1. The maximum Gasteiger partial charge on any atom is 0.407 e. The molecular formula is C13H15N3O3. The lowest BCUT2D eigenvalue weighted by Gasteiger charge is -2.09. The van der Waals surface area contributed by atoms with Crippen molar-refractivity contribution in [3.05, 3.63) is 40.3 Å². The number of fused-ring (bicyclic) bond motifs is 1. The van der Waals surface area contributed by atoms with E-state index in [0.717, 1.165) is 5.39 Å². The SMILES string of the molecule is CCOC(=O)NCc1nn(C)c(=O)c2ccccc12. The highest BCUT2D eigenvalue weighted by atomic mass is 16.5. The van der Waals surface area contributed by atoms with Crippen molar-refractivity contribution in [2.75, 3.05) is 6.61 Å². The number of carbonyl (C=O) groups excluding carboxylic acids is 1. The molecule has 1 N–H and O–H groups in total. The van der Waals surface area contributed by atoms with Crippen LogP contribution >= 0.6 is 0 Å². The van der Waals surface area contributed by atoms with Gasteiger partial charge in [0.05, 0.1) is 24.2 Å². The highest BCUT2D eigenvalue weighted by Gasteiger charge is 2.09. The molecule has 6 heteroatoms. The molecule has 1 amide bonds. The second kappa shape index (κ2) is 5.51. The Morgan fingerprint density at radius 2 is 2.05 bits per heavy atom. The molecular weight excluding hydrogens is 246 g/mol. The van der Waals surface area contributed by atoms with E-state index in [4.69, 9.17) is 4.74 Å². The molecule has 100 valence electrons. The smallest absolute Gasteiger partial charge is 0.407 e. The van der Waals surface area contributed by atoms with Crippen LogP contribution in [-0.2, 0) is 18.3 Å². The summed E-state index contributed by atoms with van der Waals surface area (Å²) in [5.74, 6) is 0. The fraction of sp³-hybridized carbons (Fsp3) is 0.308. The number of ether oxygens (including phenoxy) is 1. The van der Waals surface area contributed by atoms with Crippen LogP contribution in [0.4, 0.5) is 4.79 Å². The number of benzene rings is 1. The maximum absolute atomic E-state index is 11.9. The van der Waals surface area contributed by atoms with E-state index in [1.165, 1.54) is 4.68 Å². The summed E-state index contributed by atoms with van der Waals surface area (Å²) in [5.41, 5.74) is 0.473. The summed E-state index contributed by atoms with van der Waals surface area (Å²) in [6, 6.07) is 7.18. The number of carbonyl (C=O) groups is 1. The van der Waals surface area contributed by atoms with Gasteiger partial charge in [0, 0.05) is 12.4 Å². The molecule has 6 nitrogen and oxygen atoms in total. The van der Waals surface area contributed by atoms with Gasteiger partial charge in [-0.15, -0.1) is 0 Å². The molecule has 1 aromatic carbocycles. The fourth-order valence-corrected chi connectivity index (χ4v) is 1.84. The summed E-state index contributed by atoms with van der Waals surface area (Å²) < 4.78 is 6.05. The molecule has 2 rings (SSSR count). The zero-order chi connectivity index (χ0) is 13.8. The van der Waals surface area contributed by atoms with E-state index in [0.29, 0.717) is 17.7 Å². The van der Waals surface area contributed by atoms with Gasteiger partial charge < -0.3 is 10.1 Å². The van der Waals surface area contributed by atoms with Crippen LogP contribution in [-0.4, -0.2) is 22.5 Å². The molecule has 0 bridgehead atoms. The molecule has 0 saturated carbocycles. The summed E-state index contributed by atoms with van der Waals surface area (Å²) in [7, 11) is 1.59. The van der Waals surface area contributed by atoms with Crippen LogP contribution in [0, 0.1) is 0 Å². The second-order valence-corrected chi connectivity index (χ2v) is 4.00. The number of nitrogens with zero attached hydrogens (tertiary/aromatic N) is 2. The summed E-state index contributed by atoms with van der Waals surface area (Å²) in [4.78, 5) is 23.2. The van der Waals surface area contributed by atoms with Crippen molar-refractivity contribution in [1.82, 2.24) is 15.1 Å². The van der Waals surface area contributed by atoms with E-state index in [9.17, 15) is 9.59 Å². The third kappa shape index (κ3) is 2.73. The first-order valence-corrected chi connectivity index (χ1v) is 5.99. The van der Waals surface area contributed by atoms with E-state index in [1.54, 1.807) is 26.1 Å². The molecule has 1 heterocycles. The van der Waals surface area contributed by atoms with Gasteiger partial charge in [-0.25, -0.2) is 9.48 Å². The number of hydrogen-bond acceptors (Lipinski definition) is 4. The third-order valence-corrected chi connectivity index (χ3v) is 2.71. The zero-order valence-electron chi connectivity index (χ0n) is 10.8. The van der Waals surface area contributed by atoms with Crippen molar-refractivity contribution >= 4 is 16.9 Å². The van der Waals surface area contributed by atoms with Crippen LogP contribution in [0.3, 0.4) is 0 Å². The van der Waals surface area contributed by atoms with Crippen molar-refractivity contribution in [3.63, 3.8) is 0 Å². The Morgan fingerprint density at radius 3 is 2.74 bits per heavy atom. The van der Waals surface area contributed by atoms with Gasteiger partial charge in [-0.2, -0.15) is 5.10 Å². The Hall–Kier alpha value is -2.37. The topological polar surface area (TPSA) is 73.2 Å². The Balaban J connectivity index is 2.36. The van der Waals surface area contributed by atoms with E-state index >= 15 is 0 Å². The first-order valence-electron chi connectivity index (χ1n) is 5.99. The number of aryl methyl sites for hydroxylation is 1. The van der Waals surface area contributed by atoms with Crippen LogP contribution in [0.2, 0.25) is 0 Å². The van der Waals surface area contributed by atoms with Gasteiger partial charge in [-0.1, -0.05) is 18.2 Å². The first kappa shape index (κ1) is 13.1. The monoisotopic (exact) mass is 261 g/mol. The summed E-state index contributed by atoms with van der Waals surface area (Å²) in [6.07, 6.45) is -0.498. The van der Waals surface area contributed by atoms with Crippen molar-refractivity contribution in [2.24, 2.45) is 7.05 Å². The third-order valence-electron chi connectivity index (χ3n) is 2.71. The van der Waals surface area contributed by atoms with Gasteiger partial charge in [-0.3, -0.25) is 4.79 Å². The molecule has 0 atom stereocenters. The zero-order valence-corrected chi connectivity index (χ0v) is 10.8. The van der Waals surface area contributed by atoms with E-state index in [-0.39, 0.29) is 12.1 Å². The standard InChI is InChI=1S/C13H15N3O3/c1-3-19-13(18)14-8-11-9-6-4-5-7-10(9)12(17)16(2)15-11/h4-7H,3,8H2,1-2H3,(H,14,18). The maximum atomic E-state index is 11.9. The molecule has 0 aliphatic heterocycles. The van der Waals surface area contributed by atoms with Crippen molar-refractivity contribution < 1.29 is 9.53 Å². The molecule has 2 aromatic rings. The Labute approximate surface area is 110 Å². The predicted octanol–water partition coefficient (Wildman–Crippen LogP) is 1.18. The van der Waals surface area contributed by atoms with Crippen LogP contribution in [0.15, 0.2) is 29.1 Å². The van der Waals surface area contributed by atoms with Crippen LogP contribution < -0.4 is 10.9 Å². The minimum absolute atomic E-state index is 0.157. The molecule has 0 aliphatic rings. The fourth-order valence-electron chi connectivity index (χ4n) is 1.84. The summed E-state index contributed by atoms with van der Waals surface area (Å²) in [5, 5.41) is 8.09. The van der Waals surface area contributed by atoms with Gasteiger partial charge in [-0.05, 0) is 13.0 Å². The largest absolute Gasteiger partial charge is 0.450 e. The van der Waals surface area contributed by atoms with Crippen molar-refractivity contribution in [2.45, 2.75) is 13.5 Å². The predicted molar refractivity (Wildman–Crippen MR) is 70.8 cm³/mol. The number of rotatable bonds is 3. The van der Waals surface area contributed by atoms with Crippen molar-refractivity contribution in [3.8, 4) is 0 Å². The lowest BCUT2D eigenvalue weighted by atomic mass is 10.1. The van der Waals surface area contributed by atoms with Crippen LogP contribution in [0.1, 0.15) is 12.6 Å². The minimum atomic E-state index is -0.498. The Bertz CT molecular complexity index is 664. The number of hydrogen-bond donors (Lipinski definition) is 1. The molecule has 0 fully saturated rings. The highest BCUT2D eigenvalue weighted by Crippen LogP contribution is 2.12. The molecule has 0 unspecified atom stereocenters. The lowest BCUT2D eigenvalue weighted by molar-refractivity contribution is 0.151. The van der Waals surface area contributed by atoms with E-state index in [1.807, 2.05) is 12.1 Å². The van der Waals surface area contributed by atoms with Crippen LogP contribution in [0.5, 0.6) is 0 Å². The number of aromatic nitrogens is 2. The van der Waals surface area contributed by atoms with Gasteiger partial charge in [0.15, 0.2) is 0 Å². The number of alkyl carbamates (subject to hydrolysis) is 1. The molecule has 19 heavy (non-hydrogen) atoms. The molecule has 1 aromatic heterocycles. The Morgan fingerprint density at radius 1 is 1.37 bits per heavy atom. The molecule has 0 radical (unpaired) electrons. The normalized spacial score (nSPS) is 10.4. The first-order chi connectivity index (χ1) is 9.13. The van der Waals surface area contributed by atoms with Crippen LogP contribution in [0.25, 0.3) is 10.8 Å². The minimum Gasteiger partial charge on any atom is -0.450 e. The lowest BCUT2D eigenvalue weighted by Crippen LogP contribution is -2.27. The second-order valence-electron chi connectivity index (χ2n) is 4.00. The summed E-state index contributed by atoms with van der Waals surface area (Å²) in [6.45, 7) is 2.26. The number of amides is 1. The van der Waals surface area contributed by atoms with Gasteiger partial charge in [0.25, 0.3) is 5.56 Å². The quantitative estimate of drug-likeness (QED) is 0.900. The average molecular weight is 261 g/mol. The van der Waals surface area contributed by atoms with Gasteiger partial charge in [0.1, 0.15) is 0 Å². The molecule has 0 spiro atoms. The highest BCUT2D eigenvalue weighted by molar-refractivity contribution is 5.83. The average Bonchev–Trinajstić information content (AvgIpc) is 2.42.